The first-order chi connectivity index (χ1) is 16.7. The van der Waals surface area contributed by atoms with E-state index in [-0.39, 0.29) is 16.5 Å². The first kappa shape index (κ1) is 24.6. The number of carbonyl (C=O) groups is 3. The zero-order valence-corrected chi connectivity index (χ0v) is 20.6. The van der Waals surface area contributed by atoms with Crippen LogP contribution in [0.1, 0.15) is 11.1 Å². The maximum absolute atomic E-state index is 12.5. The molecule has 2 aliphatic heterocycles. The van der Waals surface area contributed by atoms with Gasteiger partial charge in [-0.05, 0) is 47.9 Å². The summed E-state index contributed by atoms with van der Waals surface area (Å²) >= 11 is 6.18. The van der Waals surface area contributed by atoms with Crippen LogP contribution in [0.5, 0.6) is 17.2 Å². The van der Waals surface area contributed by atoms with Gasteiger partial charge in [0.15, 0.2) is 11.5 Å². The smallest absolute Gasteiger partial charge is 0.409 e. The second-order valence-corrected chi connectivity index (χ2v) is 9.54. The Bertz CT molecular complexity index is 1210. The van der Waals surface area contributed by atoms with Crippen LogP contribution >= 0.6 is 24.0 Å². The van der Waals surface area contributed by atoms with Crippen LogP contribution in [-0.2, 0) is 20.7 Å². The molecule has 1 unspecified atom stereocenters. The predicted octanol–water partition coefficient (Wildman–Crippen LogP) is 3.77. The van der Waals surface area contributed by atoms with Crippen LogP contribution in [0, 0.1) is 0 Å². The predicted molar refractivity (Wildman–Crippen MR) is 134 cm³/mol. The third-order valence-corrected chi connectivity index (χ3v) is 6.89. The molecule has 2 aromatic carbocycles. The Kier molecular flexibility index (Phi) is 7.27. The molecule has 1 atom stereocenters. The van der Waals surface area contributed by atoms with Crippen LogP contribution in [0.3, 0.4) is 0 Å². The quantitative estimate of drug-likeness (QED) is 0.416. The number of thiocarbonyl (C=S) groups is 1. The first-order valence-electron chi connectivity index (χ1n) is 10.6. The summed E-state index contributed by atoms with van der Waals surface area (Å²) in [6, 6.07) is 12.8. The fourth-order valence-electron chi connectivity index (χ4n) is 3.60. The van der Waals surface area contributed by atoms with Gasteiger partial charge < -0.3 is 24.2 Å². The molecule has 0 aliphatic carbocycles. The van der Waals surface area contributed by atoms with E-state index in [9.17, 15) is 14.4 Å². The molecule has 0 saturated carbocycles. The van der Waals surface area contributed by atoms with Gasteiger partial charge in [-0.1, -0.05) is 42.2 Å². The Hall–Kier alpha value is -3.57. The number of hydrogen-bond acceptors (Lipinski definition) is 8. The summed E-state index contributed by atoms with van der Waals surface area (Å²) in [5.41, 5.74) is 1.73. The maximum atomic E-state index is 12.5. The summed E-state index contributed by atoms with van der Waals surface area (Å²) in [5, 5.41) is 8.97. The SMILES string of the molecule is COc1cc(C=C2SC(=S)N(CC(=O)O)C2=O)ccc1Oc1ccc(CC2COC(=O)N2C)cc1. The summed E-state index contributed by atoms with van der Waals surface area (Å²) in [6.07, 6.45) is 2.01. The Balaban J connectivity index is 1.45. The van der Waals surface area contributed by atoms with Crippen LogP contribution in [0.4, 0.5) is 4.79 Å². The van der Waals surface area contributed by atoms with Crippen LogP contribution in [0.25, 0.3) is 6.08 Å². The second kappa shape index (κ2) is 10.4. The number of carboxylic acids is 1. The Morgan fingerprint density at radius 1 is 1.23 bits per heavy atom. The maximum Gasteiger partial charge on any atom is 0.409 e. The highest BCUT2D eigenvalue weighted by molar-refractivity contribution is 8.26. The highest BCUT2D eigenvalue weighted by atomic mass is 32.2. The van der Waals surface area contributed by atoms with Gasteiger partial charge in [0.1, 0.15) is 23.2 Å². The average Bonchev–Trinajstić information content (AvgIpc) is 3.28. The molecule has 35 heavy (non-hydrogen) atoms. The van der Waals surface area contributed by atoms with Gasteiger partial charge in [-0.25, -0.2) is 4.79 Å². The fourth-order valence-corrected chi connectivity index (χ4v) is 4.85. The van der Waals surface area contributed by atoms with E-state index in [1.807, 2.05) is 24.3 Å². The largest absolute Gasteiger partial charge is 0.493 e. The zero-order chi connectivity index (χ0) is 25.1. The molecular formula is C24H22N2O7S2. The molecule has 0 bridgehead atoms. The summed E-state index contributed by atoms with van der Waals surface area (Å²) in [4.78, 5) is 38.0. The van der Waals surface area contributed by atoms with E-state index in [1.54, 1.807) is 36.2 Å². The van der Waals surface area contributed by atoms with Crippen molar-refractivity contribution in [3.8, 4) is 17.2 Å². The van der Waals surface area contributed by atoms with Crippen molar-refractivity contribution in [2.45, 2.75) is 12.5 Å². The van der Waals surface area contributed by atoms with Crippen LogP contribution in [0.15, 0.2) is 47.4 Å². The van der Waals surface area contributed by atoms with Crippen molar-refractivity contribution in [2.24, 2.45) is 0 Å². The number of likely N-dealkylation sites (N-methyl/N-ethyl adjacent to an activating group) is 1. The molecular weight excluding hydrogens is 492 g/mol. The Morgan fingerprint density at radius 2 is 1.97 bits per heavy atom. The molecule has 2 saturated heterocycles. The van der Waals surface area contributed by atoms with Gasteiger partial charge in [0.25, 0.3) is 5.91 Å². The summed E-state index contributed by atoms with van der Waals surface area (Å²) < 4.78 is 16.7. The highest BCUT2D eigenvalue weighted by Gasteiger charge is 2.33. The number of amides is 2. The summed E-state index contributed by atoms with van der Waals surface area (Å²) in [7, 11) is 3.24. The number of nitrogens with zero attached hydrogens (tertiary/aromatic N) is 2. The minimum Gasteiger partial charge on any atom is -0.493 e. The monoisotopic (exact) mass is 514 g/mol. The molecule has 11 heteroatoms. The number of thioether (sulfide) groups is 1. The molecule has 0 radical (unpaired) electrons. The van der Waals surface area contributed by atoms with Gasteiger partial charge in [-0.2, -0.15) is 0 Å². The van der Waals surface area contributed by atoms with Gasteiger partial charge in [0, 0.05) is 7.05 Å². The molecule has 1 N–H and O–H groups in total. The van der Waals surface area contributed by atoms with Crippen molar-refractivity contribution in [3.05, 3.63) is 58.5 Å². The molecule has 2 aliphatic rings. The van der Waals surface area contributed by atoms with E-state index in [0.717, 1.165) is 22.2 Å². The van der Waals surface area contributed by atoms with Crippen LogP contribution in [-0.4, -0.2) is 70.5 Å². The van der Waals surface area contributed by atoms with Gasteiger partial charge in [0.05, 0.1) is 18.1 Å². The molecule has 0 aromatic heterocycles. The topological polar surface area (TPSA) is 106 Å². The normalized spacial score (nSPS) is 18.9. The van der Waals surface area contributed by atoms with Gasteiger partial charge in [0.2, 0.25) is 0 Å². The Morgan fingerprint density at radius 3 is 2.60 bits per heavy atom. The van der Waals surface area contributed by atoms with Crippen molar-refractivity contribution in [2.75, 3.05) is 27.3 Å². The van der Waals surface area contributed by atoms with Crippen molar-refractivity contribution in [1.82, 2.24) is 9.80 Å². The highest BCUT2D eigenvalue weighted by Crippen LogP contribution is 2.36. The van der Waals surface area contributed by atoms with Crippen molar-refractivity contribution >= 4 is 52.3 Å². The molecule has 4 rings (SSSR count). The minimum atomic E-state index is -1.13. The molecule has 0 spiro atoms. The number of rotatable bonds is 8. The van der Waals surface area contributed by atoms with E-state index >= 15 is 0 Å². The van der Waals surface area contributed by atoms with Gasteiger partial charge in [-0.15, -0.1) is 0 Å². The van der Waals surface area contributed by atoms with Crippen LogP contribution in [0.2, 0.25) is 0 Å². The number of carbonyl (C=O) groups excluding carboxylic acids is 2. The molecule has 9 nitrogen and oxygen atoms in total. The molecule has 2 aromatic rings. The van der Waals surface area contributed by atoms with Crippen LogP contribution < -0.4 is 9.47 Å². The number of benzene rings is 2. The number of hydrogen-bond donors (Lipinski definition) is 1. The summed E-state index contributed by atoms with van der Waals surface area (Å²) in [6.45, 7) is -0.0963. The van der Waals surface area contributed by atoms with E-state index in [4.69, 9.17) is 31.5 Å². The molecule has 182 valence electrons. The molecule has 2 fully saturated rings. The third kappa shape index (κ3) is 5.57. The van der Waals surface area contributed by atoms with E-state index < -0.39 is 18.4 Å². The van der Waals surface area contributed by atoms with Gasteiger partial charge in [-0.3, -0.25) is 14.5 Å². The third-order valence-electron chi connectivity index (χ3n) is 5.51. The Labute approximate surface area is 211 Å². The zero-order valence-electron chi connectivity index (χ0n) is 18.9. The van der Waals surface area contributed by atoms with Gasteiger partial charge >= 0.3 is 12.1 Å². The lowest BCUT2D eigenvalue weighted by Crippen LogP contribution is -2.33. The van der Waals surface area contributed by atoms with Crippen molar-refractivity contribution in [3.63, 3.8) is 0 Å². The molecule has 2 amide bonds. The van der Waals surface area contributed by atoms with E-state index in [1.165, 1.54) is 7.11 Å². The number of ether oxygens (including phenoxy) is 3. The molecule has 2 heterocycles. The lowest BCUT2D eigenvalue weighted by molar-refractivity contribution is -0.140. The first-order valence-corrected chi connectivity index (χ1v) is 11.8. The lowest BCUT2D eigenvalue weighted by atomic mass is 10.1. The summed E-state index contributed by atoms with van der Waals surface area (Å²) in [5.74, 6) is -0.00544. The fraction of sp³-hybridized carbons (Fsp3) is 0.250. The average molecular weight is 515 g/mol. The number of cyclic esters (lactones) is 1. The second-order valence-electron chi connectivity index (χ2n) is 7.86. The lowest BCUT2D eigenvalue weighted by Gasteiger charge is -2.16. The van der Waals surface area contributed by atoms with E-state index in [2.05, 4.69) is 0 Å². The van der Waals surface area contributed by atoms with Crippen molar-refractivity contribution < 1.29 is 33.7 Å². The number of aliphatic carboxylic acids is 1. The van der Waals surface area contributed by atoms with E-state index in [0.29, 0.717) is 40.7 Å². The minimum absolute atomic E-state index is 0.00602. The van der Waals surface area contributed by atoms with Crippen molar-refractivity contribution in [1.29, 1.82) is 0 Å². The number of carboxylic acid groups (broad SMARTS) is 1. The standard InChI is InChI=1S/C24H22N2O7S2/c1-25-16(13-32-23(25)30)9-14-3-6-17(7-4-14)33-18-8-5-15(10-19(18)31-2)11-20-22(29)26(12-21(27)28)24(34)35-20/h3-8,10-11,16H,9,12-13H2,1-2H3,(H,27,28). The number of methoxy groups -OCH3 is 1.